The molecule has 2 fully saturated rings. The molecule has 6 nitrogen and oxygen atoms in total. The first-order valence-electron chi connectivity index (χ1n) is 6.14. The van der Waals surface area contributed by atoms with Gasteiger partial charge in [-0.2, -0.15) is 0 Å². The molecular weight excluding hydrogens is 222 g/mol. The Kier molecular flexibility index (Phi) is 3.96. The van der Waals surface area contributed by atoms with Crippen LogP contribution in [0.3, 0.4) is 0 Å². The van der Waals surface area contributed by atoms with Crippen molar-refractivity contribution >= 4 is 11.8 Å². The summed E-state index contributed by atoms with van der Waals surface area (Å²) in [5.74, 6) is -0.130. The van der Waals surface area contributed by atoms with E-state index in [1.54, 1.807) is 4.90 Å². The summed E-state index contributed by atoms with van der Waals surface area (Å²) < 4.78 is 5.44. The topological polar surface area (TPSA) is 70.7 Å². The Morgan fingerprint density at radius 2 is 2.35 bits per heavy atom. The zero-order chi connectivity index (χ0) is 12.3. The number of hydrogen-bond donors (Lipinski definition) is 2. The SMILES string of the molecule is CC[C@@H]1C(=O)NCCN1C(=O)[C@H]1CNCCO1. The number of piperazine rings is 1. The molecule has 2 N–H and O–H groups in total. The monoisotopic (exact) mass is 241 g/mol. The van der Waals surface area contributed by atoms with Gasteiger partial charge in [-0.15, -0.1) is 0 Å². The number of rotatable bonds is 2. The van der Waals surface area contributed by atoms with Crippen molar-refractivity contribution in [1.29, 1.82) is 0 Å². The Balaban J connectivity index is 2.03. The first-order chi connectivity index (χ1) is 8.24. The summed E-state index contributed by atoms with van der Waals surface area (Å²) in [4.78, 5) is 25.6. The van der Waals surface area contributed by atoms with Gasteiger partial charge in [-0.3, -0.25) is 9.59 Å². The first-order valence-corrected chi connectivity index (χ1v) is 6.14. The van der Waals surface area contributed by atoms with Crippen molar-refractivity contribution in [3.05, 3.63) is 0 Å². The average molecular weight is 241 g/mol. The van der Waals surface area contributed by atoms with E-state index in [1.807, 2.05) is 6.92 Å². The van der Waals surface area contributed by atoms with Crippen molar-refractivity contribution in [3.8, 4) is 0 Å². The van der Waals surface area contributed by atoms with Gasteiger partial charge in [-0.05, 0) is 6.42 Å². The molecule has 2 atom stereocenters. The molecule has 2 aliphatic rings. The molecule has 0 radical (unpaired) electrons. The number of amides is 2. The van der Waals surface area contributed by atoms with E-state index in [9.17, 15) is 9.59 Å². The maximum atomic E-state index is 12.2. The summed E-state index contributed by atoms with van der Waals surface area (Å²) in [6.45, 7) is 4.88. The smallest absolute Gasteiger partial charge is 0.253 e. The summed E-state index contributed by atoms with van der Waals surface area (Å²) >= 11 is 0. The van der Waals surface area contributed by atoms with Crippen LogP contribution < -0.4 is 10.6 Å². The Morgan fingerprint density at radius 1 is 1.53 bits per heavy atom. The second kappa shape index (κ2) is 5.46. The van der Waals surface area contributed by atoms with Crippen LogP contribution in [0.5, 0.6) is 0 Å². The molecule has 0 bridgehead atoms. The summed E-state index contributed by atoms with van der Waals surface area (Å²) in [6.07, 6.45) is 0.196. The van der Waals surface area contributed by atoms with Gasteiger partial charge in [0.25, 0.3) is 5.91 Å². The minimum Gasteiger partial charge on any atom is -0.366 e. The number of nitrogens with one attached hydrogen (secondary N) is 2. The Morgan fingerprint density at radius 3 is 3.00 bits per heavy atom. The lowest BCUT2D eigenvalue weighted by atomic mass is 10.1. The van der Waals surface area contributed by atoms with Crippen LogP contribution in [0.2, 0.25) is 0 Å². The summed E-state index contributed by atoms with van der Waals surface area (Å²) in [6, 6.07) is -0.346. The van der Waals surface area contributed by atoms with Gasteiger partial charge in [0, 0.05) is 26.2 Å². The van der Waals surface area contributed by atoms with Crippen molar-refractivity contribution in [2.24, 2.45) is 0 Å². The maximum absolute atomic E-state index is 12.2. The molecule has 0 aromatic rings. The van der Waals surface area contributed by atoms with Gasteiger partial charge in [0.1, 0.15) is 12.1 Å². The van der Waals surface area contributed by atoms with Gasteiger partial charge in [0.2, 0.25) is 5.91 Å². The van der Waals surface area contributed by atoms with Gasteiger partial charge in [-0.25, -0.2) is 0 Å². The second-order valence-corrected chi connectivity index (χ2v) is 4.31. The standard InChI is InChI=1S/C11H19N3O3/c1-2-8-10(15)13-3-5-14(8)11(16)9-7-12-4-6-17-9/h8-9,12H,2-7H2,1H3,(H,13,15)/t8-,9-/m1/s1. The zero-order valence-electron chi connectivity index (χ0n) is 10.1. The summed E-state index contributed by atoms with van der Waals surface area (Å²) in [5, 5.41) is 5.91. The number of carbonyl (C=O) groups excluding carboxylic acids is 2. The quantitative estimate of drug-likeness (QED) is 0.631. The van der Waals surface area contributed by atoms with Crippen LogP contribution in [-0.4, -0.2) is 61.6 Å². The van der Waals surface area contributed by atoms with Gasteiger partial charge in [0.05, 0.1) is 6.61 Å². The van der Waals surface area contributed by atoms with E-state index in [1.165, 1.54) is 0 Å². The van der Waals surface area contributed by atoms with E-state index in [2.05, 4.69) is 10.6 Å². The molecule has 0 aromatic carbocycles. The molecule has 96 valence electrons. The highest BCUT2D eigenvalue weighted by Crippen LogP contribution is 2.12. The first kappa shape index (κ1) is 12.3. The highest BCUT2D eigenvalue weighted by atomic mass is 16.5. The third-order valence-electron chi connectivity index (χ3n) is 3.20. The molecule has 2 amide bonds. The fourth-order valence-corrected chi connectivity index (χ4v) is 2.29. The van der Waals surface area contributed by atoms with E-state index in [0.717, 1.165) is 6.54 Å². The molecule has 0 aliphatic carbocycles. The fourth-order valence-electron chi connectivity index (χ4n) is 2.29. The minimum absolute atomic E-state index is 0.0594. The average Bonchev–Trinajstić information content (AvgIpc) is 2.38. The highest BCUT2D eigenvalue weighted by molar-refractivity contribution is 5.90. The third kappa shape index (κ3) is 2.58. The Labute approximate surface area is 101 Å². The van der Waals surface area contributed by atoms with Crippen LogP contribution in [0.25, 0.3) is 0 Å². The van der Waals surface area contributed by atoms with E-state index in [4.69, 9.17) is 4.74 Å². The van der Waals surface area contributed by atoms with Crippen molar-refractivity contribution in [2.45, 2.75) is 25.5 Å². The highest BCUT2D eigenvalue weighted by Gasteiger charge is 2.35. The van der Waals surface area contributed by atoms with Gasteiger partial charge < -0.3 is 20.3 Å². The zero-order valence-corrected chi connectivity index (χ0v) is 10.1. The molecule has 2 heterocycles. The number of ether oxygens (including phenoxy) is 1. The van der Waals surface area contributed by atoms with E-state index in [0.29, 0.717) is 32.7 Å². The number of morpholine rings is 1. The lowest BCUT2D eigenvalue weighted by Gasteiger charge is -2.37. The van der Waals surface area contributed by atoms with Gasteiger partial charge in [0.15, 0.2) is 0 Å². The minimum atomic E-state index is -0.441. The Bertz CT molecular complexity index is 302. The maximum Gasteiger partial charge on any atom is 0.253 e. The molecule has 2 saturated heterocycles. The van der Waals surface area contributed by atoms with E-state index < -0.39 is 6.10 Å². The summed E-state index contributed by atoms with van der Waals surface area (Å²) in [7, 11) is 0. The molecule has 2 rings (SSSR count). The second-order valence-electron chi connectivity index (χ2n) is 4.31. The van der Waals surface area contributed by atoms with Gasteiger partial charge >= 0.3 is 0 Å². The van der Waals surface area contributed by atoms with Crippen molar-refractivity contribution in [1.82, 2.24) is 15.5 Å². The van der Waals surface area contributed by atoms with Crippen molar-refractivity contribution < 1.29 is 14.3 Å². The predicted molar refractivity (Wildman–Crippen MR) is 61.4 cm³/mol. The van der Waals surface area contributed by atoms with Crippen LogP contribution in [0.1, 0.15) is 13.3 Å². The number of hydrogen-bond acceptors (Lipinski definition) is 4. The van der Waals surface area contributed by atoms with Crippen molar-refractivity contribution in [2.75, 3.05) is 32.8 Å². The number of carbonyl (C=O) groups is 2. The summed E-state index contributed by atoms with van der Waals surface area (Å²) in [5.41, 5.74) is 0. The van der Waals surface area contributed by atoms with Gasteiger partial charge in [-0.1, -0.05) is 6.92 Å². The molecule has 0 spiro atoms. The molecular formula is C11H19N3O3. The Hall–Kier alpha value is -1.14. The number of nitrogens with zero attached hydrogens (tertiary/aromatic N) is 1. The normalized spacial score (nSPS) is 29.9. The van der Waals surface area contributed by atoms with Crippen molar-refractivity contribution in [3.63, 3.8) is 0 Å². The van der Waals surface area contributed by atoms with Crippen LogP contribution >= 0.6 is 0 Å². The van der Waals surface area contributed by atoms with E-state index in [-0.39, 0.29) is 17.9 Å². The molecule has 0 aromatic heterocycles. The lowest BCUT2D eigenvalue weighted by Crippen LogP contribution is -2.60. The lowest BCUT2D eigenvalue weighted by molar-refractivity contribution is -0.153. The van der Waals surface area contributed by atoms with Crippen LogP contribution in [0.15, 0.2) is 0 Å². The largest absolute Gasteiger partial charge is 0.366 e. The fraction of sp³-hybridized carbons (Fsp3) is 0.818. The van der Waals surface area contributed by atoms with Crippen LogP contribution in [-0.2, 0) is 14.3 Å². The van der Waals surface area contributed by atoms with Crippen LogP contribution in [0, 0.1) is 0 Å². The molecule has 17 heavy (non-hydrogen) atoms. The molecule has 6 heteroatoms. The molecule has 0 saturated carbocycles. The van der Waals surface area contributed by atoms with Crippen LogP contribution in [0.4, 0.5) is 0 Å². The molecule has 0 unspecified atom stereocenters. The van der Waals surface area contributed by atoms with E-state index >= 15 is 0 Å². The molecule has 2 aliphatic heterocycles. The third-order valence-corrected chi connectivity index (χ3v) is 3.20. The predicted octanol–water partition coefficient (Wildman–Crippen LogP) is -1.29.